The summed E-state index contributed by atoms with van der Waals surface area (Å²) in [7, 11) is 0. The molecule has 0 bridgehead atoms. The highest BCUT2D eigenvalue weighted by molar-refractivity contribution is 6.43. The van der Waals surface area contributed by atoms with Crippen molar-refractivity contribution in [2.75, 3.05) is 0 Å². The standard InChI is InChI=1S/C7H8Cl3N/c1-7(10)5(8)3-2-4(11)6(7)9/h2-3,6H,11H2,1H3. The molecule has 0 aliphatic heterocycles. The van der Waals surface area contributed by atoms with Gasteiger partial charge in [-0.05, 0) is 19.1 Å². The molecular weight excluding hydrogens is 204 g/mol. The maximum Gasteiger partial charge on any atom is 0.0990 e. The van der Waals surface area contributed by atoms with Crippen molar-refractivity contribution in [1.29, 1.82) is 0 Å². The van der Waals surface area contributed by atoms with Gasteiger partial charge in [0.2, 0.25) is 0 Å². The molecule has 0 heterocycles. The van der Waals surface area contributed by atoms with Crippen LogP contribution in [0.1, 0.15) is 6.92 Å². The highest BCUT2D eigenvalue weighted by Gasteiger charge is 2.37. The van der Waals surface area contributed by atoms with Crippen LogP contribution in [0.4, 0.5) is 0 Å². The normalized spacial score (nSPS) is 38.0. The largest absolute Gasteiger partial charge is 0.401 e. The molecule has 1 aliphatic carbocycles. The molecule has 0 aromatic heterocycles. The second-order valence-corrected chi connectivity index (χ2v) is 4.25. The molecule has 0 spiro atoms. The van der Waals surface area contributed by atoms with E-state index < -0.39 is 10.3 Å². The summed E-state index contributed by atoms with van der Waals surface area (Å²) in [5, 5.41) is 0.0926. The monoisotopic (exact) mass is 211 g/mol. The van der Waals surface area contributed by atoms with Crippen LogP contribution in [0.2, 0.25) is 0 Å². The van der Waals surface area contributed by atoms with Crippen LogP contribution in [0.3, 0.4) is 0 Å². The molecule has 2 N–H and O–H groups in total. The lowest BCUT2D eigenvalue weighted by Gasteiger charge is -2.29. The molecule has 4 heteroatoms. The fourth-order valence-electron chi connectivity index (χ4n) is 0.851. The van der Waals surface area contributed by atoms with Crippen LogP contribution in [0.5, 0.6) is 0 Å². The van der Waals surface area contributed by atoms with E-state index >= 15 is 0 Å². The van der Waals surface area contributed by atoms with E-state index in [1.165, 1.54) is 0 Å². The summed E-state index contributed by atoms with van der Waals surface area (Å²) in [5.41, 5.74) is 6.11. The number of allylic oxidation sites excluding steroid dienone is 4. The third-order valence-corrected chi connectivity index (χ3v) is 3.49. The zero-order valence-corrected chi connectivity index (χ0v) is 8.21. The van der Waals surface area contributed by atoms with Crippen LogP contribution in [0.25, 0.3) is 0 Å². The molecule has 0 aromatic carbocycles. The summed E-state index contributed by atoms with van der Waals surface area (Å²) in [5.74, 6) is 0. The number of alkyl halides is 2. The zero-order chi connectivity index (χ0) is 8.65. The first-order chi connectivity index (χ1) is 4.96. The topological polar surface area (TPSA) is 26.0 Å². The van der Waals surface area contributed by atoms with E-state index in [1.54, 1.807) is 19.1 Å². The van der Waals surface area contributed by atoms with Gasteiger partial charge in [0, 0.05) is 10.7 Å². The summed E-state index contributed by atoms with van der Waals surface area (Å²) in [6, 6.07) is 0. The van der Waals surface area contributed by atoms with Gasteiger partial charge in [0.1, 0.15) is 0 Å². The van der Waals surface area contributed by atoms with Crippen molar-refractivity contribution in [3.05, 3.63) is 22.9 Å². The second kappa shape index (κ2) is 2.89. The van der Waals surface area contributed by atoms with Gasteiger partial charge in [-0.2, -0.15) is 0 Å². The van der Waals surface area contributed by atoms with Crippen LogP contribution in [-0.2, 0) is 0 Å². The Bertz CT molecular complexity index is 230. The van der Waals surface area contributed by atoms with Crippen molar-refractivity contribution in [2.24, 2.45) is 5.73 Å². The van der Waals surface area contributed by atoms with Crippen molar-refractivity contribution in [3.8, 4) is 0 Å². The van der Waals surface area contributed by atoms with E-state index in [4.69, 9.17) is 40.5 Å². The van der Waals surface area contributed by atoms with E-state index in [0.29, 0.717) is 10.7 Å². The molecule has 2 atom stereocenters. The van der Waals surface area contributed by atoms with Crippen molar-refractivity contribution in [1.82, 2.24) is 0 Å². The maximum absolute atomic E-state index is 6.01. The molecular formula is C7H8Cl3N. The average molecular weight is 213 g/mol. The first kappa shape index (κ1) is 9.24. The lowest BCUT2D eigenvalue weighted by atomic mass is 9.99. The summed E-state index contributed by atoms with van der Waals surface area (Å²) in [6.07, 6.45) is 3.34. The molecule has 1 nitrogen and oxygen atoms in total. The van der Waals surface area contributed by atoms with Crippen molar-refractivity contribution < 1.29 is 0 Å². The maximum atomic E-state index is 6.01. The Morgan fingerprint density at radius 3 is 2.55 bits per heavy atom. The van der Waals surface area contributed by atoms with Crippen LogP contribution >= 0.6 is 34.8 Å². The summed E-state index contributed by atoms with van der Waals surface area (Å²) in [6.45, 7) is 1.74. The molecule has 0 fully saturated rings. The zero-order valence-electron chi connectivity index (χ0n) is 5.94. The van der Waals surface area contributed by atoms with Crippen molar-refractivity contribution in [2.45, 2.75) is 17.2 Å². The molecule has 1 aliphatic rings. The quantitative estimate of drug-likeness (QED) is 0.614. The van der Waals surface area contributed by atoms with Gasteiger partial charge < -0.3 is 5.73 Å². The first-order valence-corrected chi connectivity index (χ1v) is 4.32. The molecule has 0 saturated heterocycles. The van der Waals surface area contributed by atoms with Gasteiger partial charge in [-0.3, -0.25) is 0 Å². The van der Waals surface area contributed by atoms with Gasteiger partial charge in [0.05, 0.1) is 10.3 Å². The minimum absolute atomic E-state index is 0.429. The van der Waals surface area contributed by atoms with Gasteiger partial charge >= 0.3 is 0 Å². The predicted octanol–water partition coefficient (Wildman–Crippen LogP) is 2.57. The Labute approximate surface area is 80.8 Å². The average Bonchev–Trinajstić information content (AvgIpc) is 1.95. The molecule has 2 unspecified atom stereocenters. The minimum Gasteiger partial charge on any atom is -0.401 e. The number of hydrogen-bond acceptors (Lipinski definition) is 1. The van der Waals surface area contributed by atoms with E-state index in [0.717, 1.165) is 0 Å². The Kier molecular flexibility index (Phi) is 2.43. The summed E-state index contributed by atoms with van der Waals surface area (Å²) >= 11 is 17.7. The number of nitrogens with two attached hydrogens (primary N) is 1. The van der Waals surface area contributed by atoms with Crippen molar-refractivity contribution in [3.63, 3.8) is 0 Å². The van der Waals surface area contributed by atoms with Gasteiger partial charge in [0.25, 0.3) is 0 Å². The Balaban J connectivity index is 3.03. The fraction of sp³-hybridized carbons (Fsp3) is 0.429. The van der Waals surface area contributed by atoms with Crippen LogP contribution in [0.15, 0.2) is 22.9 Å². The third-order valence-electron chi connectivity index (χ3n) is 1.66. The smallest absolute Gasteiger partial charge is 0.0990 e. The van der Waals surface area contributed by atoms with Crippen LogP contribution in [0, 0.1) is 0 Å². The Morgan fingerprint density at radius 2 is 2.09 bits per heavy atom. The molecule has 1 rings (SSSR count). The highest BCUT2D eigenvalue weighted by Crippen LogP contribution is 2.39. The fourth-order valence-corrected chi connectivity index (χ4v) is 1.46. The first-order valence-electron chi connectivity index (χ1n) is 3.12. The van der Waals surface area contributed by atoms with Crippen LogP contribution < -0.4 is 5.73 Å². The summed E-state index contributed by atoms with van der Waals surface area (Å²) < 4.78 is 0. The molecule has 0 amide bonds. The lowest BCUT2D eigenvalue weighted by Crippen LogP contribution is -2.36. The Hall–Kier alpha value is 0.150. The van der Waals surface area contributed by atoms with Gasteiger partial charge in [-0.25, -0.2) is 0 Å². The van der Waals surface area contributed by atoms with E-state index in [9.17, 15) is 0 Å². The van der Waals surface area contributed by atoms with Gasteiger partial charge in [0.15, 0.2) is 0 Å². The minimum atomic E-state index is -0.762. The molecule has 0 aromatic rings. The van der Waals surface area contributed by atoms with E-state index in [-0.39, 0.29) is 0 Å². The van der Waals surface area contributed by atoms with E-state index in [1.807, 2.05) is 0 Å². The van der Waals surface area contributed by atoms with Gasteiger partial charge in [-0.1, -0.05) is 11.6 Å². The Morgan fingerprint density at radius 1 is 1.55 bits per heavy atom. The SMILES string of the molecule is CC1(Cl)C(Cl)=CC=C(N)C1Cl. The third kappa shape index (κ3) is 1.51. The number of halogens is 3. The van der Waals surface area contributed by atoms with E-state index in [2.05, 4.69) is 0 Å². The lowest BCUT2D eigenvalue weighted by molar-refractivity contribution is 0.738. The number of hydrogen-bond donors (Lipinski definition) is 1. The molecule has 0 saturated carbocycles. The van der Waals surface area contributed by atoms with Gasteiger partial charge in [-0.15, -0.1) is 23.2 Å². The summed E-state index contributed by atoms with van der Waals surface area (Å²) in [4.78, 5) is -0.762. The molecule has 62 valence electrons. The highest BCUT2D eigenvalue weighted by atomic mass is 35.5. The predicted molar refractivity (Wildman–Crippen MR) is 50.1 cm³/mol. The molecule has 0 radical (unpaired) electrons. The van der Waals surface area contributed by atoms with Crippen LogP contribution in [-0.4, -0.2) is 10.3 Å². The second-order valence-electron chi connectivity index (χ2n) is 2.62. The number of rotatable bonds is 0. The molecule has 11 heavy (non-hydrogen) atoms. The van der Waals surface area contributed by atoms with Crippen molar-refractivity contribution >= 4 is 34.8 Å².